The van der Waals surface area contributed by atoms with Crippen LogP contribution in [0.5, 0.6) is 0 Å². The van der Waals surface area contributed by atoms with Gasteiger partial charge in [0.05, 0.1) is 18.3 Å². The molecule has 1 aromatic carbocycles. The second-order valence-corrected chi connectivity index (χ2v) is 17.2. The zero-order valence-electron chi connectivity index (χ0n) is 23.2. The molecule has 6 heteroatoms. The lowest BCUT2D eigenvalue weighted by Crippen LogP contribution is -2.34. The number of esters is 1. The van der Waals surface area contributed by atoms with Crippen LogP contribution in [0.25, 0.3) is 6.08 Å². The number of benzene rings is 1. The first-order valence-corrected chi connectivity index (χ1v) is 16.6. The molecule has 0 radical (unpaired) electrons. The van der Waals surface area contributed by atoms with Crippen LogP contribution in [0.3, 0.4) is 0 Å². The third-order valence-electron chi connectivity index (χ3n) is 6.30. The number of hydrogen-bond acceptors (Lipinski definition) is 5. The van der Waals surface area contributed by atoms with E-state index in [1.807, 2.05) is 64.1 Å². The third-order valence-corrected chi connectivity index (χ3v) is 8.01. The molecule has 0 aromatic heterocycles. The summed E-state index contributed by atoms with van der Waals surface area (Å²) in [5.41, 5.74) is 3.45. The van der Waals surface area contributed by atoms with Gasteiger partial charge in [-0.15, -0.1) is 0 Å². The van der Waals surface area contributed by atoms with E-state index in [0.29, 0.717) is 24.5 Å². The Morgan fingerprint density at radius 3 is 2.51 bits per heavy atom. The molecule has 5 nitrogen and oxygen atoms in total. The number of allylic oxidation sites excluding steroid dienone is 1. The average Bonchev–Trinajstić information content (AvgIpc) is 3.04. The van der Waals surface area contributed by atoms with Gasteiger partial charge in [-0.05, 0) is 57.2 Å². The Kier molecular flexibility index (Phi) is 10.5. The fourth-order valence-electron chi connectivity index (χ4n) is 4.15. The molecule has 2 rings (SSSR count). The van der Waals surface area contributed by atoms with Crippen LogP contribution in [0.4, 0.5) is 0 Å². The lowest BCUT2D eigenvalue weighted by Gasteiger charge is -2.20. The Morgan fingerprint density at radius 1 is 1.20 bits per heavy atom. The topological polar surface area (TPSA) is 65.0 Å². The molecule has 0 amide bonds. The Morgan fingerprint density at radius 2 is 1.89 bits per heavy atom. The van der Waals surface area contributed by atoms with Crippen LogP contribution in [-0.2, 0) is 14.2 Å². The van der Waals surface area contributed by atoms with Crippen LogP contribution in [0.1, 0.15) is 67.6 Å². The highest BCUT2D eigenvalue weighted by atomic mass is 28.3. The Balaban J connectivity index is 2.17. The van der Waals surface area contributed by atoms with Crippen LogP contribution in [0.2, 0.25) is 25.7 Å². The Hall–Kier alpha value is -1.73. The molecule has 1 aliphatic rings. The number of carbonyl (C=O) groups excluding carboxylic acids is 1. The number of carbonyl (C=O) groups is 1. The lowest BCUT2D eigenvalue weighted by molar-refractivity contribution is -0.152. The van der Waals surface area contributed by atoms with Crippen LogP contribution >= 0.6 is 0 Å². The summed E-state index contributed by atoms with van der Waals surface area (Å²) in [7, 11) is -1.28. The first-order valence-electron chi connectivity index (χ1n) is 12.9. The molecule has 196 valence electrons. The molecule has 35 heavy (non-hydrogen) atoms. The van der Waals surface area contributed by atoms with Crippen LogP contribution in [-0.4, -0.2) is 49.9 Å². The predicted molar refractivity (Wildman–Crippen MR) is 146 cm³/mol. The minimum Gasteiger partial charge on any atom is -0.462 e. The summed E-state index contributed by atoms with van der Waals surface area (Å²) in [6, 6.07) is 4.97. The Labute approximate surface area is 213 Å². The SMILES string of the molecule is CC[C@@H](C)/C=C\C(O)[C@H]1OC(C)(C)OC1C/C=C/c1cc(C)cc(C)c1C(=O)OCC[Si](C)(C)C. The zero-order chi connectivity index (χ0) is 26.4. The van der Waals surface area contributed by atoms with E-state index in [1.165, 1.54) is 0 Å². The van der Waals surface area contributed by atoms with E-state index < -0.39 is 26.1 Å². The number of aryl methyl sites for hydroxylation is 2. The fourth-order valence-corrected chi connectivity index (χ4v) is 4.86. The second kappa shape index (κ2) is 12.5. The van der Waals surface area contributed by atoms with Gasteiger partial charge in [0.15, 0.2) is 5.79 Å². The van der Waals surface area contributed by atoms with Gasteiger partial charge < -0.3 is 19.3 Å². The van der Waals surface area contributed by atoms with Gasteiger partial charge in [-0.1, -0.05) is 81.9 Å². The number of ether oxygens (including phenoxy) is 3. The van der Waals surface area contributed by atoms with E-state index in [4.69, 9.17) is 14.2 Å². The molecular weight excluding hydrogens is 456 g/mol. The summed E-state index contributed by atoms with van der Waals surface area (Å²) in [5, 5.41) is 10.8. The number of aliphatic hydroxyl groups is 1. The van der Waals surface area contributed by atoms with Gasteiger partial charge in [-0.3, -0.25) is 0 Å². The molecule has 0 bridgehead atoms. The highest BCUT2D eigenvalue weighted by Gasteiger charge is 2.43. The van der Waals surface area contributed by atoms with Crippen LogP contribution < -0.4 is 0 Å². The van der Waals surface area contributed by atoms with Gasteiger partial charge >= 0.3 is 5.97 Å². The summed E-state index contributed by atoms with van der Waals surface area (Å²) in [5.74, 6) is -0.642. The van der Waals surface area contributed by atoms with Crippen molar-refractivity contribution in [1.82, 2.24) is 0 Å². The van der Waals surface area contributed by atoms with Crippen molar-refractivity contribution in [3.63, 3.8) is 0 Å². The van der Waals surface area contributed by atoms with Gasteiger partial charge in [-0.25, -0.2) is 4.79 Å². The van der Waals surface area contributed by atoms with Crippen LogP contribution in [0.15, 0.2) is 30.4 Å². The lowest BCUT2D eigenvalue weighted by atomic mass is 9.97. The number of hydrogen-bond donors (Lipinski definition) is 1. The van der Waals surface area contributed by atoms with E-state index in [1.54, 1.807) is 0 Å². The van der Waals surface area contributed by atoms with E-state index in [-0.39, 0.29) is 12.1 Å². The van der Waals surface area contributed by atoms with Crippen LogP contribution in [0, 0.1) is 19.8 Å². The Bertz CT molecular complexity index is 912. The summed E-state index contributed by atoms with van der Waals surface area (Å²) < 4.78 is 17.8. The molecule has 2 unspecified atom stereocenters. The average molecular weight is 503 g/mol. The van der Waals surface area contributed by atoms with Crippen molar-refractivity contribution in [2.45, 2.75) is 104 Å². The summed E-state index contributed by atoms with van der Waals surface area (Å²) in [4.78, 5) is 13.0. The first-order chi connectivity index (χ1) is 16.2. The zero-order valence-corrected chi connectivity index (χ0v) is 24.2. The number of rotatable bonds is 11. The number of aliphatic hydroxyl groups excluding tert-OH is 1. The summed E-state index contributed by atoms with van der Waals surface area (Å²) >= 11 is 0. The maximum Gasteiger partial charge on any atom is 0.338 e. The molecule has 0 spiro atoms. The standard InChI is InChI=1S/C29H46O5Si/c1-10-20(2)14-15-24(30)27-25(33-29(5,6)34-27)13-11-12-23-19-21(3)18-22(4)26(23)28(31)32-16-17-35(7,8)9/h11-12,14-15,18-20,24-25,27,30H,10,13,16-17H2,1-9H3/b12-11+,15-14-/t20-,24?,25?,27-/m1/s1. The van der Waals surface area contributed by atoms with Crippen molar-refractivity contribution in [2.75, 3.05) is 6.61 Å². The molecule has 0 aliphatic carbocycles. The molecule has 4 atom stereocenters. The van der Waals surface area contributed by atoms with Crippen molar-refractivity contribution in [3.8, 4) is 0 Å². The van der Waals surface area contributed by atoms with Crippen molar-refractivity contribution < 1.29 is 24.1 Å². The smallest absolute Gasteiger partial charge is 0.338 e. The van der Waals surface area contributed by atoms with Gasteiger partial charge in [-0.2, -0.15) is 0 Å². The summed E-state index contributed by atoms with van der Waals surface area (Å²) in [6.45, 7) is 19.2. The van der Waals surface area contributed by atoms with Gasteiger partial charge in [0, 0.05) is 8.07 Å². The van der Waals surface area contributed by atoms with E-state index in [2.05, 4.69) is 33.5 Å². The molecule has 1 aromatic rings. The highest BCUT2D eigenvalue weighted by molar-refractivity contribution is 6.76. The molecule has 1 aliphatic heterocycles. The predicted octanol–water partition coefficient (Wildman–Crippen LogP) is 6.69. The molecule has 1 heterocycles. The monoisotopic (exact) mass is 502 g/mol. The van der Waals surface area contributed by atoms with Crippen molar-refractivity contribution in [2.24, 2.45) is 5.92 Å². The van der Waals surface area contributed by atoms with Crippen molar-refractivity contribution >= 4 is 20.1 Å². The molecular formula is C29H46O5Si. The van der Waals surface area contributed by atoms with Crippen molar-refractivity contribution in [3.05, 3.63) is 52.6 Å². The first kappa shape index (κ1) is 29.5. The quantitative estimate of drug-likeness (QED) is 0.208. The van der Waals surface area contributed by atoms with E-state index in [0.717, 1.165) is 29.2 Å². The second-order valence-electron chi connectivity index (χ2n) is 11.5. The minimum absolute atomic E-state index is 0.273. The van der Waals surface area contributed by atoms with Gasteiger partial charge in [0.25, 0.3) is 0 Å². The van der Waals surface area contributed by atoms with Gasteiger partial charge in [0.2, 0.25) is 0 Å². The van der Waals surface area contributed by atoms with E-state index >= 15 is 0 Å². The normalized spacial score (nSPS) is 22.1. The highest BCUT2D eigenvalue weighted by Crippen LogP contribution is 2.33. The maximum absolute atomic E-state index is 13.0. The summed E-state index contributed by atoms with van der Waals surface area (Å²) in [6.07, 6.45) is 7.88. The van der Waals surface area contributed by atoms with Crippen molar-refractivity contribution in [1.29, 1.82) is 0 Å². The third kappa shape index (κ3) is 9.34. The largest absolute Gasteiger partial charge is 0.462 e. The molecule has 1 N–H and O–H groups in total. The van der Waals surface area contributed by atoms with Gasteiger partial charge in [0.1, 0.15) is 12.2 Å². The molecule has 1 fully saturated rings. The molecule has 0 saturated carbocycles. The minimum atomic E-state index is -1.28. The fraction of sp³-hybridized carbons (Fsp3) is 0.621. The molecule has 1 saturated heterocycles. The van der Waals surface area contributed by atoms with E-state index in [9.17, 15) is 9.90 Å². The maximum atomic E-state index is 13.0.